The maximum absolute atomic E-state index is 13.3. The van der Waals surface area contributed by atoms with Crippen molar-refractivity contribution in [2.75, 3.05) is 31.2 Å². The predicted molar refractivity (Wildman–Crippen MR) is 113 cm³/mol. The third-order valence-corrected chi connectivity index (χ3v) is 6.11. The molecule has 5 rings (SSSR count). The molecule has 1 aliphatic heterocycles. The molecule has 0 aliphatic carbocycles. The molecule has 0 unspecified atom stereocenters. The van der Waals surface area contributed by atoms with Crippen molar-refractivity contribution in [1.29, 1.82) is 0 Å². The van der Waals surface area contributed by atoms with Crippen molar-refractivity contribution in [1.82, 2.24) is 9.97 Å². The average Bonchev–Trinajstić information content (AvgIpc) is 3.19. The van der Waals surface area contributed by atoms with Gasteiger partial charge >= 0.3 is 0 Å². The molecule has 0 radical (unpaired) electrons. The normalized spacial score (nSPS) is 14.4. The zero-order valence-corrected chi connectivity index (χ0v) is 16.3. The molecule has 0 bridgehead atoms. The summed E-state index contributed by atoms with van der Waals surface area (Å²) in [5, 5.41) is 10.3. The minimum Gasteiger partial charge on any atom is -0.507 e. The van der Waals surface area contributed by atoms with Crippen LogP contribution >= 0.6 is 11.3 Å². The number of thiophene rings is 1. The van der Waals surface area contributed by atoms with E-state index in [1.165, 1.54) is 12.1 Å². The molecule has 29 heavy (non-hydrogen) atoms. The number of hydrogen-bond donors (Lipinski definition) is 1. The number of ether oxygens (including phenoxy) is 1. The van der Waals surface area contributed by atoms with Gasteiger partial charge in [-0.1, -0.05) is 24.3 Å². The highest BCUT2D eigenvalue weighted by molar-refractivity contribution is 7.22. The zero-order chi connectivity index (χ0) is 19.8. The van der Waals surface area contributed by atoms with Crippen molar-refractivity contribution in [2.24, 2.45) is 0 Å². The summed E-state index contributed by atoms with van der Waals surface area (Å²) in [4.78, 5) is 12.8. The number of rotatable bonds is 3. The molecule has 1 fully saturated rings. The molecule has 4 aromatic rings. The van der Waals surface area contributed by atoms with Crippen LogP contribution in [-0.4, -0.2) is 41.4 Å². The van der Waals surface area contributed by atoms with Crippen LogP contribution in [0.25, 0.3) is 32.0 Å². The zero-order valence-electron chi connectivity index (χ0n) is 15.5. The molecular formula is C22H18FN3O2S. The summed E-state index contributed by atoms with van der Waals surface area (Å²) in [6.45, 7) is 2.79. The average molecular weight is 407 g/mol. The second kappa shape index (κ2) is 7.42. The minimum absolute atomic E-state index is 0.147. The van der Waals surface area contributed by atoms with E-state index in [0.29, 0.717) is 24.6 Å². The predicted octanol–water partition coefficient (Wildman–Crippen LogP) is 4.71. The Labute approximate surface area is 171 Å². The molecule has 3 heterocycles. The number of phenols is 1. The maximum atomic E-state index is 13.3. The molecule has 5 nitrogen and oxygen atoms in total. The van der Waals surface area contributed by atoms with Gasteiger partial charge in [-0.3, -0.25) is 0 Å². The van der Waals surface area contributed by atoms with Gasteiger partial charge in [0.05, 0.1) is 29.0 Å². The first-order valence-corrected chi connectivity index (χ1v) is 10.2. The Morgan fingerprint density at radius 3 is 2.52 bits per heavy atom. The maximum Gasteiger partial charge on any atom is 0.165 e. The summed E-state index contributed by atoms with van der Waals surface area (Å²) in [5.74, 6) is 1.22. The first-order chi connectivity index (χ1) is 14.2. The highest BCUT2D eigenvalue weighted by Crippen LogP contribution is 2.39. The molecule has 0 saturated carbocycles. The van der Waals surface area contributed by atoms with Gasteiger partial charge in [0.1, 0.15) is 11.6 Å². The Kier molecular flexibility index (Phi) is 4.61. The number of anilines is 1. The molecule has 7 heteroatoms. The lowest BCUT2D eigenvalue weighted by atomic mass is 10.1. The molecule has 0 spiro atoms. The summed E-state index contributed by atoms with van der Waals surface area (Å²) in [6, 6.07) is 15.5. The Balaban J connectivity index is 1.69. The van der Waals surface area contributed by atoms with Gasteiger partial charge in [-0.2, -0.15) is 0 Å². The Hall–Kier alpha value is -3.03. The number of phenolic OH excluding ortho intramolecular Hbond substituents is 1. The van der Waals surface area contributed by atoms with Crippen molar-refractivity contribution in [3.8, 4) is 27.6 Å². The molecule has 0 atom stereocenters. The van der Waals surface area contributed by atoms with Crippen LogP contribution in [-0.2, 0) is 4.74 Å². The van der Waals surface area contributed by atoms with Gasteiger partial charge in [-0.05, 0) is 35.9 Å². The van der Waals surface area contributed by atoms with Crippen molar-refractivity contribution in [3.05, 3.63) is 60.4 Å². The van der Waals surface area contributed by atoms with Gasteiger partial charge in [-0.25, -0.2) is 14.4 Å². The third kappa shape index (κ3) is 3.43. The molecule has 1 N–H and O–H groups in total. The Morgan fingerprint density at radius 2 is 1.76 bits per heavy atom. The van der Waals surface area contributed by atoms with Crippen LogP contribution in [0, 0.1) is 5.82 Å². The van der Waals surface area contributed by atoms with Gasteiger partial charge in [0.2, 0.25) is 0 Å². The molecule has 1 saturated heterocycles. The van der Waals surface area contributed by atoms with E-state index in [9.17, 15) is 9.50 Å². The fraction of sp³-hybridized carbons (Fsp3) is 0.182. The van der Waals surface area contributed by atoms with Gasteiger partial charge in [0.15, 0.2) is 11.6 Å². The van der Waals surface area contributed by atoms with Crippen molar-refractivity contribution < 1.29 is 14.2 Å². The number of halogens is 1. The second-order valence-corrected chi connectivity index (χ2v) is 7.87. The van der Waals surface area contributed by atoms with Crippen LogP contribution in [0.2, 0.25) is 0 Å². The van der Waals surface area contributed by atoms with Crippen molar-refractivity contribution in [2.45, 2.75) is 0 Å². The third-order valence-electron chi connectivity index (χ3n) is 4.94. The van der Waals surface area contributed by atoms with Crippen LogP contribution in [0.1, 0.15) is 0 Å². The van der Waals surface area contributed by atoms with Gasteiger partial charge in [-0.15, -0.1) is 11.3 Å². The number of aromatic hydroxyl groups is 1. The van der Waals surface area contributed by atoms with E-state index in [2.05, 4.69) is 4.90 Å². The van der Waals surface area contributed by atoms with E-state index in [1.807, 2.05) is 18.2 Å². The van der Waals surface area contributed by atoms with E-state index in [0.717, 1.165) is 39.6 Å². The molecule has 2 aromatic carbocycles. The van der Waals surface area contributed by atoms with Gasteiger partial charge in [0.25, 0.3) is 0 Å². The quantitative estimate of drug-likeness (QED) is 0.533. The second-order valence-electron chi connectivity index (χ2n) is 6.82. The smallest absolute Gasteiger partial charge is 0.165 e. The standard InChI is InChI=1S/C22H18FN3O2S/c23-15-7-5-14(6-8-15)19-13-17-20(29-19)22(26-9-11-28-12-10-26)25-21(24-17)16-3-1-2-4-18(16)27/h1-8,13,27H,9-12H2. The van der Waals surface area contributed by atoms with Crippen molar-refractivity contribution in [3.63, 3.8) is 0 Å². The van der Waals surface area contributed by atoms with E-state index in [-0.39, 0.29) is 11.6 Å². The molecule has 146 valence electrons. The fourth-order valence-corrected chi connectivity index (χ4v) is 4.56. The number of hydrogen-bond acceptors (Lipinski definition) is 6. The summed E-state index contributed by atoms with van der Waals surface area (Å²) < 4.78 is 19.8. The minimum atomic E-state index is -0.259. The lowest BCUT2D eigenvalue weighted by molar-refractivity contribution is 0.122. The Bertz CT molecular complexity index is 1170. The fourth-order valence-electron chi connectivity index (χ4n) is 3.44. The van der Waals surface area contributed by atoms with E-state index >= 15 is 0 Å². The largest absolute Gasteiger partial charge is 0.507 e. The van der Waals surface area contributed by atoms with E-state index in [4.69, 9.17) is 14.7 Å². The first-order valence-electron chi connectivity index (χ1n) is 9.37. The van der Waals surface area contributed by atoms with E-state index in [1.54, 1.807) is 35.6 Å². The summed E-state index contributed by atoms with van der Waals surface area (Å²) in [5.41, 5.74) is 2.34. The van der Waals surface area contributed by atoms with E-state index < -0.39 is 0 Å². The first kappa shape index (κ1) is 18.0. The summed E-state index contributed by atoms with van der Waals surface area (Å²) >= 11 is 1.59. The van der Waals surface area contributed by atoms with Crippen molar-refractivity contribution >= 4 is 27.4 Å². The number of benzene rings is 2. The number of nitrogens with zero attached hydrogens (tertiary/aromatic N) is 3. The SMILES string of the molecule is Oc1ccccc1-c1nc(N2CCOCC2)c2sc(-c3ccc(F)cc3)cc2n1. The molecule has 0 amide bonds. The topological polar surface area (TPSA) is 58.5 Å². The van der Waals surface area contributed by atoms with Crippen LogP contribution < -0.4 is 4.90 Å². The molecular weight excluding hydrogens is 389 g/mol. The number of aromatic nitrogens is 2. The highest BCUT2D eigenvalue weighted by Gasteiger charge is 2.21. The lowest BCUT2D eigenvalue weighted by Crippen LogP contribution is -2.36. The van der Waals surface area contributed by atoms with Crippen LogP contribution in [0.15, 0.2) is 54.6 Å². The number of fused-ring (bicyclic) bond motifs is 1. The Morgan fingerprint density at radius 1 is 1.00 bits per heavy atom. The van der Waals surface area contributed by atoms with Crippen LogP contribution in [0.4, 0.5) is 10.2 Å². The molecule has 1 aliphatic rings. The van der Waals surface area contributed by atoms with Crippen LogP contribution in [0.5, 0.6) is 5.75 Å². The van der Waals surface area contributed by atoms with Crippen LogP contribution in [0.3, 0.4) is 0 Å². The highest BCUT2D eigenvalue weighted by atomic mass is 32.1. The molecule has 2 aromatic heterocycles. The number of para-hydroxylation sites is 1. The summed E-state index contributed by atoms with van der Waals surface area (Å²) in [6.07, 6.45) is 0. The summed E-state index contributed by atoms with van der Waals surface area (Å²) in [7, 11) is 0. The van der Waals surface area contributed by atoms with Gasteiger partial charge in [0, 0.05) is 18.0 Å². The van der Waals surface area contributed by atoms with Gasteiger partial charge < -0.3 is 14.7 Å². The monoisotopic (exact) mass is 407 g/mol. The number of morpholine rings is 1. The lowest BCUT2D eigenvalue weighted by Gasteiger charge is -2.28.